The normalized spacial score (nSPS) is 15.7. The van der Waals surface area contributed by atoms with E-state index in [0.29, 0.717) is 0 Å². The van der Waals surface area contributed by atoms with Crippen LogP contribution in [0.15, 0.2) is 28.0 Å². The number of amides is 1. The van der Waals surface area contributed by atoms with E-state index in [2.05, 4.69) is 32.2 Å². The number of aryl methyl sites for hydroxylation is 2. The van der Waals surface area contributed by atoms with Gasteiger partial charge in [0.1, 0.15) is 11.4 Å². The van der Waals surface area contributed by atoms with Gasteiger partial charge >= 0.3 is 7.82 Å². The van der Waals surface area contributed by atoms with Crippen molar-refractivity contribution in [1.29, 1.82) is 0 Å². The fraction of sp³-hybridized carbons (Fsp3) is 0.480. The number of hydrogen-bond donors (Lipinski definition) is 4. The van der Waals surface area contributed by atoms with Gasteiger partial charge in [-0.25, -0.2) is 14.1 Å². The van der Waals surface area contributed by atoms with E-state index in [0.717, 1.165) is 36.9 Å². The molecule has 1 fully saturated rings. The van der Waals surface area contributed by atoms with Gasteiger partial charge in [0.2, 0.25) is 6.79 Å². The SMILES string of the molecule is Cc1cn(C)nc1[C@H](Nc1c(Nc2ccnc(C(=O)N(C)C)c2OCOP(=O)(O)O)c(=O)c1=O)C1(C)CCCC1. The largest absolute Gasteiger partial charge is 0.472 e. The second-order valence-corrected chi connectivity index (χ2v) is 11.7. The molecule has 1 aliphatic rings. The van der Waals surface area contributed by atoms with Crippen LogP contribution in [-0.2, 0) is 16.1 Å². The molecular weight excluding hydrogens is 543 g/mol. The van der Waals surface area contributed by atoms with Gasteiger partial charge in [0, 0.05) is 33.5 Å². The van der Waals surface area contributed by atoms with E-state index in [1.165, 1.54) is 31.3 Å². The average Bonchev–Trinajstić information content (AvgIpc) is 3.47. The monoisotopic (exact) mass is 576 g/mol. The number of nitrogens with one attached hydrogen (secondary N) is 2. The second-order valence-electron chi connectivity index (χ2n) is 10.5. The number of anilines is 3. The number of phosphoric acid groups is 1. The predicted molar refractivity (Wildman–Crippen MR) is 146 cm³/mol. The number of carbonyl (C=O) groups is 1. The van der Waals surface area contributed by atoms with Crippen LogP contribution in [0.3, 0.4) is 0 Å². The minimum Gasteiger partial charge on any atom is -0.462 e. The Hall–Kier alpha value is -3.58. The summed E-state index contributed by atoms with van der Waals surface area (Å²) >= 11 is 0. The van der Waals surface area contributed by atoms with Crippen molar-refractivity contribution in [3.8, 4) is 5.75 Å². The van der Waals surface area contributed by atoms with Gasteiger partial charge in [-0.3, -0.25) is 19.1 Å². The minimum atomic E-state index is -4.88. The number of aromatic nitrogens is 3. The molecule has 0 spiro atoms. The molecule has 1 atom stereocenters. The molecule has 15 heteroatoms. The van der Waals surface area contributed by atoms with Crippen LogP contribution in [0.25, 0.3) is 0 Å². The Kier molecular flexibility index (Phi) is 8.18. The van der Waals surface area contributed by atoms with E-state index in [1.54, 1.807) is 4.68 Å². The van der Waals surface area contributed by atoms with Crippen LogP contribution >= 0.6 is 7.82 Å². The molecule has 14 nitrogen and oxygen atoms in total. The summed E-state index contributed by atoms with van der Waals surface area (Å²) in [5, 5.41) is 10.8. The van der Waals surface area contributed by atoms with Crippen molar-refractivity contribution < 1.29 is 28.4 Å². The standard InChI is InChI=1S/C25H33N6O8P/c1-14-12-31(5)29-16(14)23(25(2)9-6-7-10-25)28-18-17(20(32)21(18)33)27-15-8-11-26-19(24(34)30(3)4)22(15)38-13-39-40(35,36)37/h8,11-12,23,28H,6-7,9-10,13H2,1-5H3,(H,26,27)(H2,35,36,37)/t23-/m0/s1. The molecule has 1 saturated carbocycles. The first kappa shape index (κ1) is 29.4. The number of ether oxygens (including phenoxy) is 1. The lowest BCUT2D eigenvalue weighted by atomic mass is 9.78. The van der Waals surface area contributed by atoms with E-state index in [1.807, 2.05) is 20.2 Å². The highest BCUT2D eigenvalue weighted by Crippen LogP contribution is 2.49. The summed E-state index contributed by atoms with van der Waals surface area (Å²) in [4.78, 5) is 61.7. The van der Waals surface area contributed by atoms with Crippen LogP contribution in [0.2, 0.25) is 0 Å². The highest BCUT2D eigenvalue weighted by atomic mass is 31.2. The zero-order chi connectivity index (χ0) is 29.4. The summed E-state index contributed by atoms with van der Waals surface area (Å²) in [6.45, 7) is 3.17. The van der Waals surface area contributed by atoms with Crippen LogP contribution in [-0.4, -0.2) is 56.2 Å². The third-order valence-electron chi connectivity index (χ3n) is 7.16. The van der Waals surface area contributed by atoms with E-state index >= 15 is 0 Å². The Morgan fingerprint density at radius 3 is 2.45 bits per heavy atom. The highest BCUT2D eigenvalue weighted by molar-refractivity contribution is 7.46. The lowest BCUT2D eigenvalue weighted by Crippen LogP contribution is -2.40. The number of carbonyl (C=O) groups excluding carboxylic acids is 1. The molecule has 2 heterocycles. The molecule has 0 bridgehead atoms. The van der Waals surface area contributed by atoms with Crippen molar-refractivity contribution >= 4 is 30.8 Å². The third-order valence-corrected chi connectivity index (χ3v) is 7.60. The molecule has 1 amide bonds. The Balaban J connectivity index is 1.72. The molecule has 1 aliphatic carbocycles. The molecule has 3 aromatic rings. The van der Waals surface area contributed by atoms with Gasteiger partial charge in [-0.1, -0.05) is 19.8 Å². The third kappa shape index (κ3) is 5.94. The summed E-state index contributed by atoms with van der Waals surface area (Å²) in [5.41, 5.74) is -0.0514. The number of rotatable bonds is 11. The Morgan fingerprint density at radius 2 is 1.88 bits per heavy atom. The van der Waals surface area contributed by atoms with Crippen molar-refractivity contribution in [2.24, 2.45) is 12.5 Å². The van der Waals surface area contributed by atoms with Crippen LogP contribution in [0.4, 0.5) is 17.1 Å². The van der Waals surface area contributed by atoms with Gasteiger partial charge in [0.15, 0.2) is 11.4 Å². The first-order valence-electron chi connectivity index (χ1n) is 12.6. The maximum absolute atomic E-state index is 12.8. The van der Waals surface area contributed by atoms with E-state index in [9.17, 15) is 18.9 Å². The average molecular weight is 577 g/mol. The lowest BCUT2D eigenvalue weighted by Gasteiger charge is -2.35. The van der Waals surface area contributed by atoms with Crippen molar-refractivity contribution in [2.45, 2.75) is 45.6 Å². The highest BCUT2D eigenvalue weighted by Gasteiger charge is 2.41. The molecule has 4 N–H and O–H groups in total. The summed E-state index contributed by atoms with van der Waals surface area (Å²) in [7, 11) is -0.0792. The van der Waals surface area contributed by atoms with Gasteiger partial charge in [0.05, 0.1) is 17.4 Å². The molecule has 216 valence electrons. The fourth-order valence-electron chi connectivity index (χ4n) is 5.09. The zero-order valence-corrected chi connectivity index (χ0v) is 23.8. The number of phosphoric ester groups is 1. The van der Waals surface area contributed by atoms with Gasteiger partial charge in [-0.15, -0.1) is 0 Å². The first-order chi connectivity index (χ1) is 18.7. The van der Waals surface area contributed by atoms with Gasteiger partial charge < -0.3 is 30.1 Å². The van der Waals surface area contributed by atoms with Crippen LogP contribution in [0, 0.1) is 12.3 Å². The molecule has 2 aromatic heterocycles. The molecule has 0 saturated heterocycles. The van der Waals surface area contributed by atoms with Gasteiger partial charge in [0.25, 0.3) is 16.8 Å². The summed E-state index contributed by atoms with van der Waals surface area (Å²) < 4.78 is 22.7. The van der Waals surface area contributed by atoms with Crippen molar-refractivity contribution in [3.63, 3.8) is 0 Å². The Labute approximate surface area is 230 Å². The molecule has 0 radical (unpaired) electrons. The first-order valence-corrected chi connectivity index (χ1v) is 14.2. The topological polar surface area (TPSA) is 185 Å². The maximum atomic E-state index is 12.8. The van der Waals surface area contributed by atoms with Crippen LogP contribution in [0.5, 0.6) is 5.75 Å². The lowest BCUT2D eigenvalue weighted by molar-refractivity contribution is 0.0757. The zero-order valence-electron chi connectivity index (χ0n) is 22.9. The Bertz CT molecular complexity index is 1530. The van der Waals surface area contributed by atoms with Crippen LogP contribution < -0.4 is 26.2 Å². The predicted octanol–water partition coefficient (Wildman–Crippen LogP) is 2.34. The fourth-order valence-corrected chi connectivity index (χ4v) is 5.28. The van der Waals surface area contributed by atoms with Crippen molar-refractivity contribution in [1.82, 2.24) is 19.7 Å². The van der Waals surface area contributed by atoms with Crippen molar-refractivity contribution in [3.05, 3.63) is 55.9 Å². The van der Waals surface area contributed by atoms with Crippen LogP contribution in [0.1, 0.15) is 60.4 Å². The maximum Gasteiger partial charge on any atom is 0.472 e. The number of hydrogen-bond acceptors (Lipinski definition) is 10. The van der Waals surface area contributed by atoms with E-state index < -0.39 is 31.4 Å². The molecular formula is C25H33N6O8P. The van der Waals surface area contributed by atoms with Gasteiger partial charge in [-0.05, 0) is 36.8 Å². The smallest absolute Gasteiger partial charge is 0.462 e. The number of nitrogens with zero attached hydrogens (tertiary/aromatic N) is 4. The molecule has 40 heavy (non-hydrogen) atoms. The molecule has 4 rings (SSSR count). The second kappa shape index (κ2) is 11.1. The summed E-state index contributed by atoms with van der Waals surface area (Å²) in [5.74, 6) is -0.786. The molecule has 0 unspecified atom stereocenters. The number of pyridine rings is 1. The molecule has 0 aliphatic heterocycles. The minimum absolute atomic E-state index is 0.0413. The van der Waals surface area contributed by atoms with Crippen molar-refractivity contribution in [2.75, 3.05) is 31.5 Å². The van der Waals surface area contributed by atoms with Gasteiger partial charge in [-0.2, -0.15) is 5.10 Å². The van der Waals surface area contributed by atoms with E-state index in [4.69, 9.17) is 14.5 Å². The Morgan fingerprint density at radius 1 is 1.23 bits per heavy atom. The summed E-state index contributed by atoms with van der Waals surface area (Å²) in [6.07, 6.45) is 7.10. The quantitative estimate of drug-likeness (QED) is 0.149. The molecule has 1 aromatic carbocycles. The van der Waals surface area contributed by atoms with E-state index in [-0.39, 0.29) is 40.0 Å². The summed E-state index contributed by atoms with van der Waals surface area (Å²) in [6, 6.07) is 1.05.